The fourth-order valence-electron chi connectivity index (χ4n) is 5.68. The molecule has 6 rings (SSSR count). The summed E-state index contributed by atoms with van der Waals surface area (Å²) < 4.78 is 23.0. The van der Waals surface area contributed by atoms with Crippen LogP contribution in [0.3, 0.4) is 0 Å². The molecule has 0 saturated carbocycles. The molecule has 4 heterocycles. The van der Waals surface area contributed by atoms with E-state index in [1.807, 2.05) is 17.0 Å². The van der Waals surface area contributed by atoms with Crippen LogP contribution in [0.5, 0.6) is 17.2 Å². The Hall–Kier alpha value is -3.30. The van der Waals surface area contributed by atoms with Gasteiger partial charge in [-0.05, 0) is 62.1 Å². The fourth-order valence-corrected chi connectivity index (χ4v) is 5.68. The number of aliphatic hydroxyl groups is 1. The summed E-state index contributed by atoms with van der Waals surface area (Å²) in [5.41, 5.74) is 2.07. The SMILES string of the molecule is O=C(Nc1ccc2c(c1)[C@H]1C[C@H](CC(=O)N3CCCCC3)O[C@H](CO)[C@H]1O2)c1ccc2c(c1)OCO2. The van der Waals surface area contributed by atoms with Gasteiger partial charge >= 0.3 is 0 Å². The van der Waals surface area contributed by atoms with E-state index < -0.39 is 6.10 Å². The van der Waals surface area contributed by atoms with Gasteiger partial charge in [0.25, 0.3) is 5.91 Å². The summed E-state index contributed by atoms with van der Waals surface area (Å²) in [6, 6.07) is 10.6. The summed E-state index contributed by atoms with van der Waals surface area (Å²) in [6.07, 6.45) is 3.05. The predicted octanol–water partition coefficient (Wildman–Crippen LogP) is 3.06. The zero-order valence-electron chi connectivity index (χ0n) is 20.0. The monoisotopic (exact) mass is 494 g/mol. The Labute approximate surface area is 209 Å². The van der Waals surface area contributed by atoms with Gasteiger partial charge < -0.3 is 34.3 Å². The zero-order valence-corrected chi connectivity index (χ0v) is 20.0. The molecule has 2 saturated heterocycles. The lowest BCUT2D eigenvalue weighted by atomic mass is 9.84. The number of amides is 2. The van der Waals surface area contributed by atoms with Crippen LogP contribution >= 0.6 is 0 Å². The average molecular weight is 495 g/mol. The van der Waals surface area contributed by atoms with Gasteiger partial charge in [-0.25, -0.2) is 0 Å². The minimum absolute atomic E-state index is 0.0348. The van der Waals surface area contributed by atoms with E-state index in [4.69, 9.17) is 18.9 Å². The second-order valence-electron chi connectivity index (χ2n) is 9.82. The van der Waals surface area contributed by atoms with Gasteiger partial charge in [0.05, 0.1) is 19.1 Å². The van der Waals surface area contributed by atoms with Crippen molar-refractivity contribution in [1.82, 2.24) is 4.90 Å². The highest BCUT2D eigenvalue weighted by Gasteiger charge is 2.46. The standard InChI is InChI=1S/C27H30N2O7/c30-14-24-26-20(12-18(35-24)13-25(31)29-8-2-1-3-9-29)19-11-17(5-7-21(19)36-26)28-27(32)16-4-6-22-23(10-16)34-15-33-22/h4-7,10-11,18,20,24,26,30H,1-3,8-9,12-15H2,(H,28,32)/t18-,20-,24-,26+/m1/s1. The molecular formula is C27H30N2O7. The molecule has 2 aromatic carbocycles. The van der Waals surface area contributed by atoms with Gasteiger partial charge in [-0.1, -0.05) is 0 Å². The third-order valence-electron chi connectivity index (χ3n) is 7.50. The Morgan fingerprint density at radius 3 is 2.64 bits per heavy atom. The van der Waals surface area contributed by atoms with Crippen molar-refractivity contribution < 1.29 is 33.6 Å². The van der Waals surface area contributed by atoms with E-state index in [1.54, 1.807) is 24.3 Å². The molecule has 2 aromatic rings. The number of aliphatic hydroxyl groups excluding tert-OH is 1. The molecule has 0 radical (unpaired) electrons. The summed E-state index contributed by atoms with van der Waals surface area (Å²) in [6.45, 7) is 1.58. The van der Waals surface area contributed by atoms with Crippen molar-refractivity contribution in [2.75, 3.05) is 31.8 Å². The summed E-state index contributed by atoms with van der Waals surface area (Å²) in [4.78, 5) is 27.7. The van der Waals surface area contributed by atoms with Crippen molar-refractivity contribution in [3.63, 3.8) is 0 Å². The molecule has 4 atom stereocenters. The molecule has 2 amide bonds. The van der Waals surface area contributed by atoms with Crippen molar-refractivity contribution in [2.24, 2.45) is 0 Å². The second-order valence-corrected chi connectivity index (χ2v) is 9.82. The number of fused-ring (bicyclic) bond motifs is 4. The van der Waals surface area contributed by atoms with Crippen molar-refractivity contribution in [3.8, 4) is 17.2 Å². The molecule has 2 N–H and O–H groups in total. The van der Waals surface area contributed by atoms with Gasteiger partial charge in [-0.2, -0.15) is 0 Å². The Kier molecular flexibility index (Phi) is 6.18. The molecule has 4 aliphatic rings. The summed E-state index contributed by atoms with van der Waals surface area (Å²) in [5.74, 6) is 1.71. The van der Waals surface area contributed by atoms with E-state index in [9.17, 15) is 14.7 Å². The minimum Gasteiger partial charge on any atom is -0.487 e. The topological polar surface area (TPSA) is 107 Å². The largest absolute Gasteiger partial charge is 0.487 e. The maximum absolute atomic E-state index is 12.9. The maximum atomic E-state index is 12.9. The normalized spacial score (nSPS) is 26.1. The quantitative estimate of drug-likeness (QED) is 0.658. The predicted molar refractivity (Wildman–Crippen MR) is 130 cm³/mol. The van der Waals surface area contributed by atoms with E-state index in [2.05, 4.69) is 5.32 Å². The molecular weight excluding hydrogens is 464 g/mol. The van der Waals surface area contributed by atoms with Crippen LogP contribution < -0.4 is 19.5 Å². The molecule has 190 valence electrons. The minimum atomic E-state index is -0.512. The van der Waals surface area contributed by atoms with Crippen LogP contribution in [0.15, 0.2) is 36.4 Å². The van der Waals surface area contributed by atoms with Gasteiger partial charge in [0.2, 0.25) is 12.7 Å². The number of ether oxygens (including phenoxy) is 4. The number of likely N-dealkylation sites (tertiary alicyclic amines) is 1. The van der Waals surface area contributed by atoms with Crippen LogP contribution in [0.25, 0.3) is 0 Å². The fraction of sp³-hybridized carbons (Fsp3) is 0.481. The summed E-state index contributed by atoms with van der Waals surface area (Å²) in [5, 5.41) is 13.0. The Balaban J connectivity index is 1.17. The number of rotatable bonds is 5. The number of carbonyl (C=O) groups excluding carboxylic acids is 2. The average Bonchev–Trinajstić information content (AvgIpc) is 3.52. The van der Waals surface area contributed by atoms with Gasteiger partial charge in [0.15, 0.2) is 11.5 Å². The molecule has 2 fully saturated rings. The van der Waals surface area contributed by atoms with Crippen LogP contribution in [0.4, 0.5) is 5.69 Å². The Bertz CT molecular complexity index is 1160. The maximum Gasteiger partial charge on any atom is 0.255 e. The first kappa shape index (κ1) is 23.1. The van der Waals surface area contributed by atoms with Crippen LogP contribution in [0.2, 0.25) is 0 Å². The first-order valence-electron chi connectivity index (χ1n) is 12.6. The third kappa shape index (κ3) is 4.37. The summed E-state index contributed by atoms with van der Waals surface area (Å²) >= 11 is 0. The number of piperidine rings is 1. The van der Waals surface area contributed by atoms with E-state index in [1.165, 1.54) is 6.42 Å². The Morgan fingerprint density at radius 1 is 1.00 bits per heavy atom. The first-order valence-corrected chi connectivity index (χ1v) is 12.6. The van der Waals surface area contributed by atoms with Crippen molar-refractivity contribution in [2.45, 2.75) is 56.3 Å². The molecule has 0 bridgehead atoms. The molecule has 0 spiro atoms. The molecule has 0 aromatic heterocycles. The van der Waals surface area contributed by atoms with E-state index in [-0.39, 0.29) is 43.3 Å². The van der Waals surface area contributed by atoms with Gasteiger partial charge in [0, 0.05) is 35.8 Å². The molecule has 9 nitrogen and oxygen atoms in total. The number of nitrogens with one attached hydrogen (secondary N) is 1. The van der Waals surface area contributed by atoms with Crippen molar-refractivity contribution in [1.29, 1.82) is 0 Å². The van der Waals surface area contributed by atoms with E-state index >= 15 is 0 Å². The first-order chi connectivity index (χ1) is 17.6. The van der Waals surface area contributed by atoms with Crippen LogP contribution in [-0.4, -0.2) is 66.6 Å². The van der Waals surface area contributed by atoms with E-state index in [0.717, 1.165) is 37.2 Å². The number of nitrogens with zero attached hydrogens (tertiary/aromatic N) is 1. The molecule has 9 heteroatoms. The molecule has 0 unspecified atom stereocenters. The summed E-state index contributed by atoms with van der Waals surface area (Å²) in [7, 11) is 0. The van der Waals surface area contributed by atoms with Crippen LogP contribution in [-0.2, 0) is 9.53 Å². The lowest BCUT2D eigenvalue weighted by molar-refractivity contribution is -0.149. The van der Waals surface area contributed by atoms with Gasteiger partial charge in [-0.3, -0.25) is 9.59 Å². The number of anilines is 1. The van der Waals surface area contributed by atoms with E-state index in [0.29, 0.717) is 35.6 Å². The van der Waals surface area contributed by atoms with Crippen LogP contribution in [0.1, 0.15) is 53.9 Å². The van der Waals surface area contributed by atoms with Crippen LogP contribution in [0, 0.1) is 0 Å². The number of carbonyl (C=O) groups is 2. The number of benzene rings is 2. The smallest absolute Gasteiger partial charge is 0.255 e. The van der Waals surface area contributed by atoms with Gasteiger partial charge in [-0.15, -0.1) is 0 Å². The zero-order chi connectivity index (χ0) is 24.6. The van der Waals surface area contributed by atoms with Crippen molar-refractivity contribution >= 4 is 17.5 Å². The lowest BCUT2D eigenvalue weighted by Gasteiger charge is -2.38. The second kappa shape index (κ2) is 9.63. The van der Waals surface area contributed by atoms with Gasteiger partial charge in [0.1, 0.15) is 18.0 Å². The highest BCUT2D eigenvalue weighted by atomic mass is 16.7. The van der Waals surface area contributed by atoms with Crippen molar-refractivity contribution in [3.05, 3.63) is 47.5 Å². The molecule has 4 aliphatic heterocycles. The molecule has 0 aliphatic carbocycles. The lowest BCUT2D eigenvalue weighted by Crippen LogP contribution is -2.48. The number of hydrogen-bond donors (Lipinski definition) is 2. The highest BCUT2D eigenvalue weighted by molar-refractivity contribution is 6.04. The molecule has 36 heavy (non-hydrogen) atoms. The number of hydrogen-bond acceptors (Lipinski definition) is 7. The highest BCUT2D eigenvalue weighted by Crippen LogP contribution is 2.47. The Morgan fingerprint density at radius 2 is 1.81 bits per heavy atom. The third-order valence-corrected chi connectivity index (χ3v) is 7.50.